The van der Waals surface area contributed by atoms with Gasteiger partial charge in [-0.15, -0.1) is 0 Å². The molecule has 1 atom stereocenters. The fourth-order valence-electron chi connectivity index (χ4n) is 2.61. The average Bonchev–Trinajstić information content (AvgIpc) is 2.96. The number of alkyl halides is 2. The van der Waals surface area contributed by atoms with Crippen LogP contribution < -0.4 is 10.9 Å². The Morgan fingerprint density at radius 1 is 1.26 bits per heavy atom. The molecular weight excluding hydrogens is 426 g/mol. The number of halogens is 2. The van der Waals surface area contributed by atoms with E-state index >= 15 is 0 Å². The van der Waals surface area contributed by atoms with Crippen molar-refractivity contribution in [2.75, 3.05) is 5.32 Å². The van der Waals surface area contributed by atoms with Gasteiger partial charge in [-0.25, -0.2) is 4.68 Å². The monoisotopic (exact) mass is 441 g/mol. The van der Waals surface area contributed by atoms with Gasteiger partial charge in [-0.05, 0) is 32.4 Å². The normalized spacial score (nSPS) is 22.0. The lowest BCUT2D eigenvalue weighted by Crippen LogP contribution is -2.29. The van der Waals surface area contributed by atoms with E-state index in [0.29, 0.717) is 17.8 Å². The second-order valence-electron chi connectivity index (χ2n) is 6.10. The molecule has 1 aliphatic rings. The Bertz CT molecular complexity index is 839. The van der Waals surface area contributed by atoms with Crippen molar-refractivity contribution in [2.24, 2.45) is 12.5 Å². The van der Waals surface area contributed by atoms with Crippen LogP contribution in [0, 0.1) is 12.3 Å². The summed E-state index contributed by atoms with van der Waals surface area (Å²) in [6.07, 6.45) is 0.671. The highest BCUT2D eigenvalue weighted by molar-refractivity contribution is 9.25. The van der Waals surface area contributed by atoms with Gasteiger partial charge in [0.25, 0.3) is 5.56 Å². The van der Waals surface area contributed by atoms with E-state index < -0.39 is 8.65 Å². The first-order chi connectivity index (χ1) is 10.7. The van der Waals surface area contributed by atoms with Crippen LogP contribution >= 0.6 is 31.9 Å². The highest BCUT2D eigenvalue weighted by Gasteiger charge is 2.66. The Hall–Kier alpha value is -1.34. The molecule has 1 aromatic heterocycles. The van der Waals surface area contributed by atoms with E-state index in [1.54, 1.807) is 16.4 Å². The van der Waals surface area contributed by atoms with Crippen molar-refractivity contribution < 1.29 is 4.79 Å². The maximum atomic E-state index is 12.8. The van der Waals surface area contributed by atoms with Crippen LogP contribution in [0.2, 0.25) is 0 Å². The Balaban J connectivity index is 2.00. The number of benzene rings is 1. The van der Waals surface area contributed by atoms with Crippen LogP contribution in [0.4, 0.5) is 5.69 Å². The van der Waals surface area contributed by atoms with Crippen LogP contribution in [0.5, 0.6) is 0 Å². The minimum atomic E-state index is -0.570. The SMILES string of the molecule is Cc1c(NC(=O)[C@@]2(C)CC2(Br)Br)c(=O)n(-c2ccccc2)n1C. The van der Waals surface area contributed by atoms with Gasteiger partial charge in [0, 0.05) is 7.05 Å². The molecule has 0 aliphatic heterocycles. The first kappa shape index (κ1) is 16.5. The number of aromatic nitrogens is 2. The fourth-order valence-corrected chi connectivity index (χ4v) is 4.09. The number of nitrogens with one attached hydrogen (secondary N) is 1. The zero-order valence-electron chi connectivity index (χ0n) is 13.1. The lowest BCUT2D eigenvalue weighted by molar-refractivity contribution is -0.120. The third-order valence-electron chi connectivity index (χ3n) is 4.55. The molecule has 0 unspecified atom stereocenters. The molecule has 1 amide bonds. The quantitative estimate of drug-likeness (QED) is 0.741. The van der Waals surface area contributed by atoms with Crippen molar-refractivity contribution in [2.45, 2.75) is 23.5 Å². The first-order valence-electron chi connectivity index (χ1n) is 7.22. The van der Waals surface area contributed by atoms with Crippen molar-refractivity contribution >= 4 is 43.5 Å². The summed E-state index contributed by atoms with van der Waals surface area (Å²) in [7, 11) is 1.80. The highest BCUT2D eigenvalue weighted by atomic mass is 79.9. The van der Waals surface area contributed by atoms with E-state index in [4.69, 9.17) is 0 Å². The summed E-state index contributed by atoms with van der Waals surface area (Å²) in [5.74, 6) is -0.169. The van der Waals surface area contributed by atoms with Crippen molar-refractivity contribution in [1.82, 2.24) is 9.36 Å². The Labute approximate surface area is 150 Å². The van der Waals surface area contributed by atoms with Gasteiger partial charge in [-0.1, -0.05) is 50.1 Å². The van der Waals surface area contributed by atoms with E-state index in [2.05, 4.69) is 37.2 Å². The van der Waals surface area contributed by atoms with Gasteiger partial charge < -0.3 is 5.32 Å². The lowest BCUT2D eigenvalue weighted by Gasteiger charge is -2.12. The molecule has 1 aliphatic carbocycles. The second-order valence-corrected chi connectivity index (χ2v) is 9.88. The van der Waals surface area contributed by atoms with Crippen LogP contribution in [0.15, 0.2) is 35.1 Å². The number of carbonyl (C=O) groups is 1. The summed E-state index contributed by atoms with van der Waals surface area (Å²) in [5.41, 5.74) is 0.996. The van der Waals surface area contributed by atoms with Gasteiger partial charge in [-0.3, -0.25) is 14.3 Å². The van der Waals surface area contributed by atoms with Gasteiger partial charge in [0.15, 0.2) is 0 Å². The number of rotatable bonds is 3. The third kappa shape index (κ3) is 2.50. The molecule has 23 heavy (non-hydrogen) atoms. The molecule has 1 saturated carbocycles. The van der Waals surface area contributed by atoms with Crippen LogP contribution in [-0.4, -0.2) is 18.5 Å². The molecule has 1 heterocycles. The summed E-state index contributed by atoms with van der Waals surface area (Å²) in [5, 5.41) is 2.81. The maximum Gasteiger partial charge on any atom is 0.295 e. The van der Waals surface area contributed by atoms with Crippen LogP contribution in [0.3, 0.4) is 0 Å². The Morgan fingerprint density at radius 2 is 1.83 bits per heavy atom. The van der Waals surface area contributed by atoms with Crippen LogP contribution in [0.1, 0.15) is 19.0 Å². The predicted octanol–water partition coefficient (Wildman–Crippen LogP) is 3.32. The van der Waals surface area contributed by atoms with E-state index in [1.165, 1.54) is 0 Å². The molecule has 0 saturated heterocycles. The zero-order valence-corrected chi connectivity index (χ0v) is 16.2. The summed E-state index contributed by atoms with van der Waals surface area (Å²) in [4.78, 5) is 25.3. The number of hydrogen-bond acceptors (Lipinski definition) is 2. The second kappa shape index (κ2) is 5.34. The first-order valence-corrected chi connectivity index (χ1v) is 8.81. The highest BCUT2D eigenvalue weighted by Crippen LogP contribution is 2.66. The molecule has 2 aromatic rings. The fraction of sp³-hybridized carbons (Fsp3) is 0.375. The van der Waals surface area contributed by atoms with Gasteiger partial charge >= 0.3 is 0 Å². The van der Waals surface area contributed by atoms with Crippen LogP contribution in [-0.2, 0) is 11.8 Å². The lowest BCUT2D eigenvalue weighted by atomic mass is 10.1. The number of anilines is 1. The summed E-state index contributed by atoms with van der Waals surface area (Å²) in [6.45, 7) is 3.68. The molecule has 3 rings (SSSR count). The molecule has 1 N–H and O–H groups in total. The number of carbonyl (C=O) groups excluding carboxylic acids is 1. The molecule has 1 fully saturated rings. The average molecular weight is 443 g/mol. The van der Waals surface area contributed by atoms with E-state index in [1.807, 2.05) is 44.2 Å². The topological polar surface area (TPSA) is 56.0 Å². The molecule has 5 nitrogen and oxygen atoms in total. The molecular formula is C16H17Br2N3O2. The Morgan fingerprint density at radius 3 is 2.35 bits per heavy atom. The number of amides is 1. The summed E-state index contributed by atoms with van der Waals surface area (Å²) in [6, 6.07) is 9.36. The van der Waals surface area contributed by atoms with E-state index in [9.17, 15) is 9.59 Å². The molecule has 7 heteroatoms. The standard InChI is InChI=1S/C16H17Br2N3O2/c1-10-12(19-14(23)15(2)9-16(15,17)18)13(22)21(20(10)3)11-7-5-4-6-8-11/h4-8H,9H2,1-3H3,(H,19,23)/t15-/m1/s1. The van der Waals surface area contributed by atoms with Crippen LogP contribution in [0.25, 0.3) is 5.69 Å². The maximum absolute atomic E-state index is 12.8. The molecule has 0 bridgehead atoms. The van der Waals surface area contributed by atoms with Crippen molar-refractivity contribution in [3.63, 3.8) is 0 Å². The predicted molar refractivity (Wildman–Crippen MR) is 97.7 cm³/mol. The molecule has 0 radical (unpaired) electrons. The molecule has 1 aromatic carbocycles. The number of nitrogens with zero attached hydrogens (tertiary/aromatic N) is 2. The van der Waals surface area contributed by atoms with E-state index in [-0.39, 0.29) is 11.5 Å². The van der Waals surface area contributed by atoms with Gasteiger partial charge in [0.1, 0.15) is 5.69 Å². The van der Waals surface area contributed by atoms with Gasteiger partial charge in [0.2, 0.25) is 5.91 Å². The van der Waals surface area contributed by atoms with Crippen molar-refractivity contribution in [1.29, 1.82) is 0 Å². The third-order valence-corrected chi connectivity index (χ3v) is 6.86. The van der Waals surface area contributed by atoms with Crippen molar-refractivity contribution in [3.8, 4) is 5.69 Å². The molecule has 0 spiro atoms. The minimum Gasteiger partial charge on any atom is -0.319 e. The number of para-hydroxylation sites is 1. The summed E-state index contributed by atoms with van der Waals surface area (Å²) >= 11 is 6.97. The largest absolute Gasteiger partial charge is 0.319 e. The summed E-state index contributed by atoms with van der Waals surface area (Å²) < 4.78 is 2.91. The molecule has 122 valence electrons. The smallest absolute Gasteiger partial charge is 0.295 e. The van der Waals surface area contributed by atoms with E-state index in [0.717, 1.165) is 5.69 Å². The number of hydrogen-bond donors (Lipinski definition) is 1. The zero-order chi connectivity index (χ0) is 17.0. The Kier molecular flexibility index (Phi) is 3.84. The van der Waals surface area contributed by atoms with Gasteiger partial charge in [-0.2, -0.15) is 0 Å². The minimum absolute atomic E-state index is 0.169. The van der Waals surface area contributed by atoms with Crippen molar-refractivity contribution in [3.05, 3.63) is 46.4 Å². The van der Waals surface area contributed by atoms with Gasteiger partial charge in [0.05, 0.1) is 20.0 Å².